The number of rotatable bonds is 0. The Morgan fingerprint density at radius 3 is 1.70 bits per heavy atom. The molecule has 4 heteroatoms. The molecule has 0 fully saturated rings. The highest BCUT2D eigenvalue weighted by molar-refractivity contribution is 4.83. The first kappa shape index (κ1) is 7.05. The van der Waals surface area contributed by atoms with Crippen molar-refractivity contribution in [1.29, 1.82) is 0 Å². The first-order chi connectivity index (χ1) is 4.61. The second kappa shape index (κ2) is 2.28. The van der Waals surface area contributed by atoms with Gasteiger partial charge in [0.1, 0.15) is 0 Å². The Kier molecular flexibility index (Phi) is 1.61. The zero-order valence-corrected chi connectivity index (χ0v) is 4.97. The second-order valence-corrected chi connectivity index (χ2v) is 1.75. The number of aromatic nitrogens is 1. The fraction of sp³-hybridized carbons (Fsp3) is 0.167. The van der Waals surface area contributed by atoms with Gasteiger partial charge >= 0.3 is 6.30 Å². The van der Waals surface area contributed by atoms with E-state index in [-0.39, 0.29) is 4.57 Å². The lowest BCUT2D eigenvalue weighted by Crippen LogP contribution is -2.46. The van der Waals surface area contributed by atoms with E-state index in [9.17, 15) is 13.2 Å². The number of hydrogen-bond donors (Lipinski definition) is 0. The van der Waals surface area contributed by atoms with Crippen LogP contribution in [-0.2, 0) is 6.30 Å². The van der Waals surface area contributed by atoms with Crippen molar-refractivity contribution in [2.24, 2.45) is 0 Å². The monoisotopic (exact) mass is 148 g/mol. The van der Waals surface area contributed by atoms with E-state index in [4.69, 9.17) is 0 Å². The molecule has 0 unspecified atom stereocenters. The standard InChI is InChI=1S/C6H5F3N/c7-6(8,9)10-4-2-1-3-5-10/h1-5H/q+1. The summed E-state index contributed by atoms with van der Waals surface area (Å²) >= 11 is 0. The van der Waals surface area contributed by atoms with Crippen molar-refractivity contribution in [1.82, 2.24) is 0 Å². The van der Waals surface area contributed by atoms with Crippen molar-refractivity contribution in [3.05, 3.63) is 30.6 Å². The molecule has 54 valence electrons. The van der Waals surface area contributed by atoms with Crippen molar-refractivity contribution in [3.63, 3.8) is 0 Å². The lowest BCUT2D eigenvalue weighted by molar-refractivity contribution is -0.854. The predicted octanol–water partition coefficient (Wildman–Crippen LogP) is 1.45. The third-order valence-electron chi connectivity index (χ3n) is 1.01. The van der Waals surface area contributed by atoms with Gasteiger partial charge in [-0.1, -0.05) is 6.07 Å². The van der Waals surface area contributed by atoms with Gasteiger partial charge in [-0.15, -0.1) is 17.7 Å². The highest BCUT2D eigenvalue weighted by atomic mass is 19.4. The van der Waals surface area contributed by atoms with E-state index >= 15 is 0 Å². The molecule has 0 aliphatic heterocycles. The molecular weight excluding hydrogens is 143 g/mol. The van der Waals surface area contributed by atoms with Crippen LogP contribution >= 0.6 is 0 Å². The maximum absolute atomic E-state index is 11.8. The van der Waals surface area contributed by atoms with Crippen LogP contribution in [0.3, 0.4) is 0 Å². The summed E-state index contributed by atoms with van der Waals surface area (Å²) in [5, 5.41) is 0. The minimum Gasteiger partial charge on any atom is -0.108 e. The minimum atomic E-state index is -4.29. The Morgan fingerprint density at radius 2 is 1.40 bits per heavy atom. The maximum atomic E-state index is 11.8. The Balaban J connectivity index is 2.97. The van der Waals surface area contributed by atoms with Crippen LogP contribution in [0.2, 0.25) is 0 Å². The van der Waals surface area contributed by atoms with Gasteiger partial charge in [0.25, 0.3) is 0 Å². The van der Waals surface area contributed by atoms with Crippen molar-refractivity contribution < 1.29 is 17.7 Å². The molecule has 0 atom stereocenters. The van der Waals surface area contributed by atoms with Gasteiger partial charge in [-0.3, -0.25) is 0 Å². The van der Waals surface area contributed by atoms with Gasteiger partial charge in [0.05, 0.1) is 0 Å². The SMILES string of the molecule is FC(F)(F)[n+]1ccccc1. The Morgan fingerprint density at radius 1 is 0.900 bits per heavy atom. The number of alkyl halides is 3. The van der Waals surface area contributed by atoms with Crippen molar-refractivity contribution >= 4 is 0 Å². The quantitative estimate of drug-likeness (QED) is 0.490. The molecule has 0 saturated heterocycles. The highest BCUT2D eigenvalue weighted by Crippen LogP contribution is 2.12. The molecule has 0 aliphatic rings. The Labute approximate surface area is 55.7 Å². The molecule has 10 heavy (non-hydrogen) atoms. The van der Waals surface area contributed by atoms with Crippen LogP contribution in [0.5, 0.6) is 0 Å². The average Bonchev–Trinajstić information content (AvgIpc) is 1.88. The van der Waals surface area contributed by atoms with E-state index in [0.717, 1.165) is 12.4 Å². The summed E-state index contributed by atoms with van der Waals surface area (Å²) in [5.41, 5.74) is 0. The smallest absolute Gasteiger partial charge is 0.108 e. The maximum Gasteiger partial charge on any atom is 0.637 e. The normalized spacial score (nSPS) is 11.5. The van der Waals surface area contributed by atoms with Crippen molar-refractivity contribution in [2.75, 3.05) is 0 Å². The van der Waals surface area contributed by atoms with Gasteiger partial charge in [0.2, 0.25) is 0 Å². The van der Waals surface area contributed by atoms with Gasteiger partial charge in [-0.05, 0) is 0 Å². The van der Waals surface area contributed by atoms with E-state index in [2.05, 4.69) is 0 Å². The third-order valence-corrected chi connectivity index (χ3v) is 1.01. The molecule has 0 amide bonds. The number of pyridine rings is 1. The van der Waals surface area contributed by atoms with Gasteiger partial charge in [0.15, 0.2) is 12.4 Å². The molecule has 0 N–H and O–H groups in total. The Bertz CT molecular complexity index is 204. The fourth-order valence-corrected chi connectivity index (χ4v) is 0.568. The highest BCUT2D eigenvalue weighted by Gasteiger charge is 2.40. The molecule has 1 aromatic rings. The van der Waals surface area contributed by atoms with Gasteiger partial charge in [-0.25, -0.2) is 0 Å². The van der Waals surface area contributed by atoms with Crippen LogP contribution in [0.4, 0.5) is 13.2 Å². The first-order valence-electron chi connectivity index (χ1n) is 2.64. The van der Waals surface area contributed by atoms with Crippen LogP contribution < -0.4 is 4.57 Å². The molecule has 0 bridgehead atoms. The molecule has 0 aromatic carbocycles. The van der Waals surface area contributed by atoms with Crippen LogP contribution in [0, 0.1) is 0 Å². The fourth-order valence-electron chi connectivity index (χ4n) is 0.568. The molecular formula is C6H5F3N+. The van der Waals surface area contributed by atoms with E-state index in [0.29, 0.717) is 0 Å². The molecule has 1 nitrogen and oxygen atoms in total. The molecule has 1 heterocycles. The van der Waals surface area contributed by atoms with E-state index in [1.807, 2.05) is 0 Å². The molecule has 1 aromatic heterocycles. The first-order valence-corrected chi connectivity index (χ1v) is 2.64. The summed E-state index contributed by atoms with van der Waals surface area (Å²) in [6, 6.07) is 4.18. The number of nitrogens with zero attached hydrogens (tertiary/aromatic N) is 1. The third kappa shape index (κ3) is 1.46. The van der Waals surface area contributed by atoms with E-state index in [1.54, 1.807) is 0 Å². The number of hydrogen-bond acceptors (Lipinski definition) is 0. The summed E-state index contributed by atoms with van der Waals surface area (Å²) in [7, 11) is 0. The topological polar surface area (TPSA) is 3.88 Å². The predicted molar refractivity (Wildman–Crippen MR) is 27.9 cm³/mol. The molecule has 0 spiro atoms. The second-order valence-electron chi connectivity index (χ2n) is 1.75. The van der Waals surface area contributed by atoms with E-state index < -0.39 is 6.30 Å². The lowest BCUT2D eigenvalue weighted by Gasteiger charge is -1.96. The summed E-state index contributed by atoms with van der Waals surface area (Å²) in [5.74, 6) is 0. The van der Waals surface area contributed by atoms with Gasteiger partial charge in [0, 0.05) is 12.1 Å². The minimum absolute atomic E-state index is 0.188. The molecule has 0 radical (unpaired) electrons. The summed E-state index contributed by atoms with van der Waals surface area (Å²) in [6.07, 6.45) is -2.37. The van der Waals surface area contributed by atoms with Crippen molar-refractivity contribution in [3.8, 4) is 0 Å². The van der Waals surface area contributed by atoms with Crippen LogP contribution in [0.15, 0.2) is 30.6 Å². The summed E-state index contributed by atoms with van der Waals surface area (Å²) in [4.78, 5) is 0. The number of halogens is 3. The Hall–Kier alpha value is -1.06. The van der Waals surface area contributed by atoms with E-state index in [1.165, 1.54) is 18.2 Å². The largest absolute Gasteiger partial charge is 0.637 e. The summed E-state index contributed by atoms with van der Waals surface area (Å²) < 4.78 is 35.4. The van der Waals surface area contributed by atoms with Gasteiger partial charge < -0.3 is 0 Å². The molecule has 0 aliphatic carbocycles. The summed E-state index contributed by atoms with van der Waals surface area (Å²) in [6.45, 7) is 0. The molecule has 1 rings (SSSR count). The van der Waals surface area contributed by atoms with Gasteiger partial charge in [-0.2, -0.15) is 0 Å². The van der Waals surface area contributed by atoms with Crippen molar-refractivity contribution in [2.45, 2.75) is 6.30 Å². The lowest BCUT2D eigenvalue weighted by atomic mass is 10.5. The zero-order chi connectivity index (χ0) is 7.61. The molecule has 0 saturated carbocycles. The average molecular weight is 148 g/mol. The zero-order valence-electron chi connectivity index (χ0n) is 4.97. The van der Waals surface area contributed by atoms with Crippen LogP contribution in [0.25, 0.3) is 0 Å². The van der Waals surface area contributed by atoms with Crippen LogP contribution in [-0.4, -0.2) is 0 Å². The van der Waals surface area contributed by atoms with Crippen LogP contribution in [0.1, 0.15) is 0 Å².